The number of hydrogen-bond donors (Lipinski definition) is 1. The summed E-state index contributed by atoms with van der Waals surface area (Å²) >= 11 is 6.26. The van der Waals surface area contributed by atoms with Crippen molar-refractivity contribution in [1.82, 2.24) is 4.57 Å². The van der Waals surface area contributed by atoms with E-state index in [1.807, 2.05) is 30.3 Å². The summed E-state index contributed by atoms with van der Waals surface area (Å²) in [5.41, 5.74) is 3.63. The molecule has 0 radical (unpaired) electrons. The number of benzene rings is 4. The average Bonchev–Trinajstić information content (AvgIpc) is 3.27. The Balaban J connectivity index is 1.60. The van der Waals surface area contributed by atoms with Crippen LogP contribution in [0, 0.1) is 11.6 Å². The number of halogens is 3. The van der Waals surface area contributed by atoms with Crippen molar-refractivity contribution >= 4 is 40.1 Å². The molecule has 0 bridgehead atoms. The van der Waals surface area contributed by atoms with E-state index < -0.39 is 17.6 Å². The van der Waals surface area contributed by atoms with E-state index in [9.17, 15) is 18.4 Å². The van der Waals surface area contributed by atoms with Gasteiger partial charge in [-0.2, -0.15) is 0 Å². The molecule has 43 heavy (non-hydrogen) atoms. The second kappa shape index (κ2) is 13.1. The van der Waals surface area contributed by atoms with E-state index in [1.54, 1.807) is 55.0 Å². The van der Waals surface area contributed by atoms with E-state index in [0.717, 1.165) is 22.9 Å². The summed E-state index contributed by atoms with van der Waals surface area (Å²) in [7, 11) is 1.59. The lowest BCUT2D eigenvalue weighted by Crippen LogP contribution is -2.18. The molecule has 6 nitrogen and oxygen atoms in total. The second-order valence-corrected chi connectivity index (χ2v) is 10.4. The Morgan fingerprint density at radius 2 is 1.63 bits per heavy atom. The van der Waals surface area contributed by atoms with Crippen LogP contribution in [0.25, 0.3) is 22.0 Å². The van der Waals surface area contributed by atoms with Crippen molar-refractivity contribution in [3.63, 3.8) is 0 Å². The highest BCUT2D eigenvalue weighted by Gasteiger charge is 2.26. The summed E-state index contributed by atoms with van der Waals surface area (Å²) in [6, 6.07) is 23.1. The largest absolute Gasteiger partial charge is 0.497 e. The van der Waals surface area contributed by atoms with E-state index in [2.05, 4.69) is 5.32 Å². The second-order valence-electron chi connectivity index (χ2n) is 9.95. The number of carbonyl (C=O) groups excluding carboxylic acids is 2. The minimum Gasteiger partial charge on any atom is -0.497 e. The topological polar surface area (TPSA) is 69.6 Å². The van der Waals surface area contributed by atoms with Gasteiger partial charge in [0.25, 0.3) is 0 Å². The molecule has 5 aromatic rings. The molecule has 1 amide bonds. The predicted molar refractivity (Wildman–Crippen MR) is 164 cm³/mol. The lowest BCUT2D eigenvalue weighted by Gasteiger charge is -2.13. The molecule has 5 rings (SSSR count). The molecule has 4 aromatic carbocycles. The van der Waals surface area contributed by atoms with Crippen LogP contribution in [0.15, 0.2) is 84.9 Å². The number of anilines is 1. The van der Waals surface area contributed by atoms with E-state index in [-0.39, 0.29) is 31.2 Å². The highest BCUT2D eigenvalue weighted by Crippen LogP contribution is 2.36. The molecule has 9 heteroatoms. The predicted octanol–water partition coefficient (Wildman–Crippen LogP) is 8.04. The quantitative estimate of drug-likeness (QED) is 0.164. The number of esters is 1. The highest BCUT2D eigenvalue weighted by molar-refractivity contribution is 6.30. The third-order valence-corrected chi connectivity index (χ3v) is 7.26. The fourth-order valence-corrected chi connectivity index (χ4v) is 5.23. The van der Waals surface area contributed by atoms with E-state index >= 15 is 0 Å². The van der Waals surface area contributed by atoms with Crippen LogP contribution < -0.4 is 10.1 Å². The molecular formula is C34H29ClF2N2O4. The van der Waals surface area contributed by atoms with Gasteiger partial charge in [0, 0.05) is 29.4 Å². The van der Waals surface area contributed by atoms with Gasteiger partial charge in [-0.1, -0.05) is 48.0 Å². The zero-order valence-corrected chi connectivity index (χ0v) is 24.4. The Hall–Kier alpha value is -4.69. The van der Waals surface area contributed by atoms with Gasteiger partial charge in [-0.15, -0.1) is 0 Å². The number of rotatable bonds is 10. The Kier molecular flexibility index (Phi) is 9.07. The third-order valence-electron chi connectivity index (χ3n) is 7.02. The summed E-state index contributed by atoms with van der Waals surface area (Å²) in [5.74, 6) is -1.60. The number of nitrogens with one attached hydrogen (secondary N) is 1. The zero-order chi connectivity index (χ0) is 30.5. The lowest BCUT2D eigenvalue weighted by atomic mass is 10.0. The Morgan fingerprint density at radius 1 is 0.884 bits per heavy atom. The van der Waals surface area contributed by atoms with Crippen molar-refractivity contribution in [3.05, 3.63) is 118 Å². The molecule has 220 valence electrons. The molecular weight excluding hydrogens is 574 g/mol. The molecule has 1 N–H and O–H groups in total. The molecule has 1 heterocycles. The lowest BCUT2D eigenvalue weighted by molar-refractivity contribution is -0.116. The zero-order valence-electron chi connectivity index (χ0n) is 23.6. The summed E-state index contributed by atoms with van der Waals surface area (Å²) in [6.07, 6.45) is 0.636. The van der Waals surface area contributed by atoms with Gasteiger partial charge in [-0.3, -0.25) is 4.79 Å². The summed E-state index contributed by atoms with van der Waals surface area (Å²) in [6.45, 7) is 2.04. The molecule has 0 aliphatic carbocycles. The number of aromatic nitrogens is 1. The summed E-state index contributed by atoms with van der Waals surface area (Å²) < 4.78 is 40.6. The number of carbonyl (C=O) groups is 2. The van der Waals surface area contributed by atoms with Gasteiger partial charge in [-0.05, 0) is 78.1 Å². The van der Waals surface area contributed by atoms with Gasteiger partial charge < -0.3 is 19.4 Å². The Bertz CT molecular complexity index is 1780. The first-order valence-corrected chi connectivity index (χ1v) is 14.1. The highest BCUT2D eigenvalue weighted by atomic mass is 35.5. The summed E-state index contributed by atoms with van der Waals surface area (Å²) in [4.78, 5) is 26.7. The van der Waals surface area contributed by atoms with Crippen LogP contribution in [0.1, 0.15) is 35.0 Å². The van der Waals surface area contributed by atoms with Crippen molar-refractivity contribution < 1.29 is 27.8 Å². The molecule has 0 spiro atoms. The summed E-state index contributed by atoms with van der Waals surface area (Å²) in [5, 5.41) is 4.04. The van der Waals surface area contributed by atoms with Crippen LogP contribution in [0.2, 0.25) is 5.02 Å². The molecule has 0 fully saturated rings. The number of fused-ring (bicyclic) bond motifs is 1. The molecule has 0 saturated heterocycles. The van der Waals surface area contributed by atoms with Crippen LogP contribution >= 0.6 is 11.6 Å². The first kappa shape index (κ1) is 29.8. The fourth-order valence-electron chi connectivity index (χ4n) is 5.02. The van der Waals surface area contributed by atoms with Crippen molar-refractivity contribution in [2.24, 2.45) is 0 Å². The van der Waals surface area contributed by atoms with Crippen molar-refractivity contribution in [2.45, 2.75) is 26.3 Å². The Labute approximate surface area is 252 Å². The maximum Gasteiger partial charge on any atom is 0.357 e. The minimum atomic E-state index is -0.707. The van der Waals surface area contributed by atoms with Crippen molar-refractivity contribution in [1.29, 1.82) is 0 Å². The third kappa shape index (κ3) is 6.87. The van der Waals surface area contributed by atoms with Crippen molar-refractivity contribution in [3.8, 4) is 16.9 Å². The number of methoxy groups -OCH3 is 1. The van der Waals surface area contributed by atoms with Gasteiger partial charge in [0.2, 0.25) is 5.91 Å². The smallest absolute Gasteiger partial charge is 0.357 e. The SMILES string of the molecule is CCOC(=O)c1c(NC(=O)CCc2ccc(OC)cc2)c2ccc(-c3cc(F)cc(F)c3)cc2n1Cc1cccc(Cl)c1. The molecule has 0 aliphatic rings. The molecule has 1 aromatic heterocycles. The molecule has 0 saturated carbocycles. The van der Waals surface area contributed by atoms with Crippen LogP contribution in [0.4, 0.5) is 14.5 Å². The van der Waals surface area contributed by atoms with Gasteiger partial charge in [0.1, 0.15) is 17.4 Å². The number of hydrogen-bond acceptors (Lipinski definition) is 4. The standard InChI is InChI=1S/C34H29ClF2N2O4/c1-3-43-34(41)33-32(38-31(40)14-9-21-7-11-28(42-2)12-8-21)29-13-10-23(24-16-26(36)19-27(37)17-24)18-30(29)39(33)20-22-5-4-6-25(35)15-22/h4-8,10-13,15-19H,3,9,14,20H2,1-2H3,(H,38,40). The monoisotopic (exact) mass is 602 g/mol. The minimum absolute atomic E-state index is 0.121. The first-order chi connectivity index (χ1) is 20.7. The van der Waals surface area contributed by atoms with Gasteiger partial charge >= 0.3 is 5.97 Å². The first-order valence-electron chi connectivity index (χ1n) is 13.7. The normalized spacial score (nSPS) is 11.0. The Morgan fingerprint density at radius 3 is 2.30 bits per heavy atom. The number of aryl methyl sites for hydroxylation is 1. The molecule has 0 unspecified atom stereocenters. The van der Waals surface area contributed by atoms with E-state index in [4.69, 9.17) is 21.1 Å². The molecule has 0 atom stereocenters. The van der Waals surface area contributed by atoms with Gasteiger partial charge in [0.05, 0.1) is 24.9 Å². The fraction of sp³-hybridized carbons (Fsp3) is 0.176. The van der Waals surface area contributed by atoms with E-state index in [1.165, 1.54) is 12.1 Å². The van der Waals surface area contributed by atoms with Crippen LogP contribution in [-0.2, 0) is 22.5 Å². The number of ether oxygens (including phenoxy) is 2. The maximum absolute atomic E-state index is 14.1. The number of amides is 1. The van der Waals surface area contributed by atoms with Crippen LogP contribution in [0.5, 0.6) is 5.75 Å². The van der Waals surface area contributed by atoms with Gasteiger partial charge in [0.15, 0.2) is 5.69 Å². The van der Waals surface area contributed by atoms with E-state index in [0.29, 0.717) is 39.2 Å². The van der Waals surface area contributed by atoms with Crippen molar-refractivity contribution in [2.75, 3.05) is 19.0 Å². The maximum atomic E-state index is 14.1. The van der Waals surface area contributed by atoms with Crippen LogP contribution in [0.3, 0.4) is 0 Å². The average molecular weight is 603 g/mol. The van der Waals surface area contributed by atoms with Gasteiger partial charge in [-0.25, -0.2) is 13.6 Å². The molecule has 0 aliphatic heterocycles. The van der Waals surface area contributed by atoms with Crippen LogP contribution in [-0.4, -0.2) is 30.2 Å². The number of nitrogens with zero attached hydrogens (tertiary/aromatic N) is 1.